The van der Waals surface area contributed by atoms with Crippen LogP contribution < -0.4 is 10.0 Å². The third-order valence-electron chi connectivity index (χ3n) is 2.93. The summed E-state index contributed by atoms with van der Waals surface area (Å²) in [7, 11) is -3.89. The maximum atomic E-state index is 13.8. The van der Waals surface area contributed by atoms with Gasteiger partial charge in [0.1, 0.15) is 10.7 Å². The topological polar surface area (TPSA) is 58.2 Å². The van der Waals surface area contributed by atoms with Crippen LogP contribution in [-0.2, 0) is 10.0 Å². The van der Waals surface area contributed by atoms with Gasteiger partial charge in [-0.1, -0.05) is 11.6 Å². The van der Waals surface area contributed by atoms with Gasteiger partial charge in [0.15, 0.2) is 0 Å². The van der Waals surface area contributed by atoms with Crippen molar-refractivity contribution in [3.63, 3.8) is 0 Å². The van der Waals surface area contributed by atoms with Gasteiger partial charge in [-0.15, -0.1) is 12.4 Å². The highest BCUT2D eigenvalue weighted by Gasteiger charge is 2.25. The molecule has 0 atom stereocenters. The number of sulfonamides is 1. The van der Waals surface area contributed by atoms with E-state index in [0.717, 1.165) is 25.2 Å². The van der Waals surface area contributed by atoms with E-state index in [-0.39, 0.29) is 23.5 Å². The van der Waals surface area contributed by atoms with E-state index >= 15 is 0 Å². The summed E-state index contributed by atoms with van der Waals surface area (Å²) >= 11 is 8.87. The SMILES string of the molecule is Cl.O=S(=O)(NC1CCNCC1)c1cc(Cl)c(Br)cc1F. The highest BCUT2D eigenvalue weighted by Crippen LogP contribution is 2.28. The van der Waals surface area contributed by atoms with Crippen molar-refractivity contribution in [2.24, 2.45) is 0 Å². The second kappa shape index (κ2) is 7.38. The Hall–Kier alpha value is 0.0800. The molecule has 4 nitrogen and oxygen atoms in total. The molecule has 1 aliphatic heterocycles. The normalized spacial score (nSPS) is 16.8. The van der Waals surface area contributed by atoms with Crippen LogP contribution in [0.15, 0.2) is 21.5 Å². The fraction of sp³-hybridized carbons (Fsp3) is 0.455. The summed E-state index contributed by atoms with van der Waals surface area (Å²) < 4.78 is 40.9. The van der Waals surface area contributed by atoms with Gasteiger partial charge < -0.3 is 5.32 Å². The second-order valence-corrected chi connectivity index (χ2v) is 7.29. The maximum Gasteiger partial charge on any atom is 0.243 e. The van der Waals surface area contributed by atoms with Crippen LogP contribution in [0.4, 0.5) is 4.39 Å². The Morgan fingerprint density at radius 1 is 1.35 bits per heavy atom. The van der Waals surface area contributed by atoms with E-state index < -0.39 is 20.7 Å². The summed E-state index contributed by atoms with van der Waals surface area (Å²) in [6.45, 7) is 1.49. The number of halogens is 4. The van der Waals surface area contributed by atoms with E-state index in [1.807, 2.05) is 0 Å². The van der Waals surface area contributed by atoms with Crippen LogP contribution in [-0.4, -0.2) is 27.5 Å². The molecule has 9 heteroatoms. The molecule has 0 unspecified atom stereocenters. The van der Waals surface area contributed by atoms with Crippen LogP contribution in [0.3, 0.4) is 0 Å². The van der Waals surface area contributed by atoms with Gasteiger partial charge in [0.25, 0.3) is 0 Å². The Morgan fingerprint density at radius 3 is 2.55 bits per heavy atom. The number of hydrogen-bond acceptors (Lipinski definition) is 3. The van der Waals surface area contributed by atoms with Gasteiger partial charge in [-0.2, -0.15) is 0 Å². The van der Waals surface area contributed by atoms with Crippen molar-refractivity contribution in [3.05, 3.63) is 27.4 Å². The lowest BCUT2D eigenvalue weighted by molar-refractivity contribution is 0.426. The van der Waals surface area contributed by atoms with Gasteiger partial charge in [0.2, 0.25) is 10.0 Å². The number of hydrogen-bond donors (Lipinski definition) is 2. The predicted octanol–water partition coefficient (Wildman–Crippen LogP) is 2.69. The third kappa shape index (κ3) is 4.29. The Labute approximate surface area is 137 Å². The Bertz CT molecular complexity index is 580. The summed E-state index contributed by atoms with van der Waals surface area (Å²) in [5.74, 6) is -0.822. The monoisotopic (exact) mass is 406 g/mol. The third-order valence-corrected chi connectivity index (χ3v) is 5.66. The molecule has 114 valence electrons. The molecule has 0 saturated carbocycles. The first kappa shape index (κ1) is 18.1. The molecule has 0 spiro atoms. The van der Waals surface area contributed by atoms with Crippen molar-refractivity contribution in [1.29, 1.82) is 0 Å². The van der Waals surface area contributed by atoms with Crippen molar-refractivity contribution in [3.8, 4) is 0 Å². The average Bonchev–Trinajstić information content (AvgIpc) is 2.34. The van der Waals surface area contributed by atoms with Gasteiger partial charge in [0, 0.05) is 10.5 Å². The minimum absolute atomic E-state index is 0. The van der Waals surface area contributed by atoms with Crippen molar-refractivity contribution in [2.75, 3.05) is 13.1 Å². The van der Waals surface area contributed by atoms with Crippen LogP contribution in [0.1, 0.15) is 12.8 Å². The van der Waals surface area contributed by atoms with Crippen molar-refractivity contribution < 1.29 is 12.8 Å². The average molecular weight is 408 g/mol. The Kier molecular flexibility index (Phi) is 6.69. The molecule has 0 amide bonds. The Balaban J connectivity index is 0.00000200. The highest BCUT2D eigenvalue weighted by molar-refractivity contribution is 9.10. The van der Waals surface area contributed by atoms with Gasteiger partial charge in [0.05, 0.1) is 5.02 Å². The van der Waals surface area contributed by atoms with E-state index in [4.69, 9.17) is 11.6 Å². The lowest BCUT2D eigenvalue weighted by Gasteiger charge is -2.23. The zero-order valence-electron chi connectivity index (χ0n) is 10.3. The first-order valence-corrected chi connectivity index (χ1v) is 8.43. The molecule has 20 heavy (non-hydrogen) atoms. The zero-order valence-corrected chi connectivity index (χ0v) is 14.3. The van der Waals surface area contributed by atoms with E-state index in [9.17, 15) is 12.8 Å². The first-order valence-electron chi connectivity index (χ1n) is 5.78. The van der Waals surface area contributed by atoms with Crippen LogP contribution in [0.25, 0.3) is 0 Å². The van der Waals surface area contributed by atoms with Crippen LogP contribution in [0.2, 0.25) is 5.02 Å². The molecule has 1 fully saturated rings. The first-order chi connectivity index (χ1) is 8.90. The van der Waals surface area contributed by atoms with E-state index in [0.29, 0.717) is 17.3 Å². The second-order valence-electron chi connectivity index (χ2n) is 4.34. The largest absolute Gasteiger partial charge is 0.317 e. The van der Waals surface area contributed by atoms with Crippen LogP contribution >= 0.6 is 39.9 Å². The molecule has 0 aliphatic carbocycles. The van der Waals surface area contributed by atoms with Crippen LogP contribution in [0, 0.1) is 5.82 Å². The van der Waals surface area contributed by atoms with Crippen LogP contribution in [0.5, 0.6) is 0 Å². The standard InChI is InChI=1S/C11H13BrClFN2O2S.ClH/c12-8-5-10(14)11(6-9(8)13)19(17,18)16-7-1-3-15-4-2-7;/h5-7,15-16H,1-4H2;1H. The summed E-state index contributed by atoms with van der Waals surface area (Å²) in [6.07, 6.45) is 1.37. The molecule has 0 bridgehead atoms. The zero-order chi connectivity index (χ0) is 14.0. The molecular weight excluding hydrogens is 394 g/mol. The predicted molar refractivity (Wildman–Crippen MR) is 82.6 cm³/mol. The maximum absolute atomic E-state index is 13.8. The number of benzene rings is 1. The minimum Gasteiger partial charge on any atom is -0.317 e. The van der Waals surface area contributed by atoms with E-state index in [2.05, 4.69) is 26.0 Å². The summed E-state index contributed by atoms with van der Waals surface area (Å²) in [6, 6.07) is 2.00. The van der Waals surface area contributed by atoms with Gasteiger partial charge in [-0.05, 0) is 54.0 Å². The molecule has 1 aromatic rings. The van der Waals surface area contributed by atoms with Gasteiger partial charge >= 0.3 is 0 Å². The molecule has 0 radical (unpaired) electrons. The molecule has 1 aromatic carbocycles. The summed E-state index contributed by atoms with van der Waals surface area (Å²) in [5, 5.41) is 3.29. The van der Waals surface area contributed by atoms with Crippen molar-refractivity contribution in [2.45, 2.75) is 23.8 Å². The van der Waals surface area contributed by atoms with Gasteiger partial charge in [-0.3, -0.25) is 0 Å². The van der Waals surface area contributed by atoms with Crippen molar-refractivity contribution >= 4 is 50.0 Å². The lowest BCUT2D eigenvalue weighted by atomic mass is 10.1. The fourth-order valence-corrected chi connectivity index (χ4v) is 3.87. The Morgan fingerprint density at radius 2 is 1.95 bits per heavy atom. The highest BCUT2D eigenvalue weighted by atomic mass is 79.9. The number of nitrogens with one attached hydrogen (secondary N) is 2. The fourth-order valence-electron chi connectivity index (χ4n) is 1.93. The molecule has 0 aromatic heterocycles. The number of rotatable bonds is 3. The molecule has 2 rings (SSSR count). The molecule has 1 heterocycles. The summed E-state index contributed by atoms with van der Waals surface area (Å²) in [5.41, 5.74) is 0. The van der Waals surface area contributed by atoms with E-state index in [1.165, 1.54) is 0 Å². The van der Waals surface area contributed by atoms with Crippen molar-refractivity contribution in [1.82, 2.24) is 10.0 Å². The summed E-state index contributed by atoms with van der Waals surface area (Å²) in [4.78, 5) is -0.417. The molecule has 2 N–H and O–H groups in total. The lowest BCUT2D eigenvalue weighted by Crippen LogP contribution is -2.42. The number of piperidine rings is 1. The smallest absolute Gasteiger partial charge is 0.243 e. The quantitative estimate of drug-likeness (QED) is 0.757. The van der Waals surface area contributed by atoms with Gasteiger partial charge in [-0.25, -0.2) is 17.5 Å². The molecular formula is C11H14BrCl2FN2O2S. The minimum atomic E-state index is -3.89. The molecule has 1 aliphatic rings. The molecule has 1 saturated heterocycles. The van der Waals surface area contributed by atoms with E-state index in [1.54, 1.807) is 0 Å².